The van der Waals surface area contributed by atoms with Gasteiger partial charge in [-0.05, 0) is 23.6 Å². The normalized spacial score (nSPS) is 10.4. The molecule has 0 amide bonds. The van der Waals surface area contributed by atoms with Crippen LogP contribution in [0.3, 0.4) is 0 Å². The average Bonchev–Trinajstić information content (AvgIpc) is 3.04. The van der Waals surface area contributed by atoms with Crippen LogP contribution in [0.5, 0.6) is 11.5 Å². The first-order valence-electron chi connectivity index (χ1n) is 7.36. The summed E-state index contributed by atoms with van der Waals surface area (Å²) in [7, 11) is 3.23. The van der Waals surface area contributed by atoms with E-state index in [9.17, 15) is 10.1 Å². The second kappa shape index (κ2) is 8.47. The van der Waals surface area contributed by atoms with Gasteiger partial charge in [0.15, 0.2) is 11.5 Å². The minimum absolute atomic E-state index is 0.159. The number of thiophene rings is 1. The second-order valence-electron chi connectivity index (χ2n) is 5.14. The van der Waals surface area contributed by atoms with Crippen LogP contribution in [-0.4, -0.2) is 19.1 Å². The Kier molecular flexibility index (Phi) is 6.34. The van der Waals surface area contributed by atoms with Crippen molar-refractivity contribution in [3.8, 4) is 11.5 Å². The monoisotopic (exact) mass is 348 g/mol. The second-order valence-corrected chi connectivity index (χ2v) is 6.03. The molecule has 0 aliphatic carbocycles. The maximum Gasteiger partial charge on any atom is 0.324 e. The minimum atomic E-state index is -0.371. The third-order valence-corrected chi connectivity index (χ3v) is 4.39. The molecule has 0 bridgehead atoms. The van der Waals surface area contributed by atoms with Crippen molar-refractivity contribution in [3.63, 3.8) is 0 Å². The SMILES string of the molecule is C=CCc1cc(CNCc2csc([N+](=O)[O-])c2)cc(OC)c1OC. The van der Waals surface area contributed by atoms with E-state index in [1.807, 2.05) is 18.2 Å². The Balaban J connectivity index is 2.06. The molecule has 0 radical (unpaired) electrons. The lowest BCUT2D eigenvalue weighted by molar-refractivity contribution is -0.380. The van der Waals surface area contributed by atoms with E-state index in [2.05, 4.69) is 11.9 Å². The summed E-state index contributed by atoms with van der Waals surface area (Å²) in [6.07, 6.45) is 2.50. The smallest absolute Gasteiger partial charge is 0.324 e. The molecule has 2 aromatic rings. The van der Waals surface area contributed by atoms with Crippen LogP contribution in [0.1, 0.15) is 16.7 Å². The summed E-state index contributed by atoms with van der Waals surface area (Å²) in [5.74, 6) is 1.40. The Morgan fingerprint density at radius 1 is 1.25 bits per heavy atom. The first-order chi connectivity index (χ1) is 11.6. The molecule has 6 nitrogen and oxygen atoms in total. The van der Waals surface area contributed by atoms with Gasteiger partial charge in [-0.25, -0.2) is 0 Å². The molecule has 0 aliphatic rings. The first kappa shape index (κ1) is 18.0. The fourth-order valence-electron chi connectivity index (χ4n) is 2.42. The zero-order valence-corrected chi connectivity index (χ0v) is 14.5. The number of nitro groups is 1. The predicted molar refractivity (Wildman–Crippen MR) is 95.0 cm³/mol. The Labute approximate surface area is 144 Å². The van der Waals surface area contributed by atoms with Crippen LogP contribution in [-0.2, 0) is 19.5 Å². The van der Waals surface area contributed by atoms with Crippen LogP contribution in [0.25, 0.3) is 0 Å². The van der Waals surface area contributed by atoms with Crippen LogP contribution < -0.4 is 14.8 Å². The lowest BCUT2D eigenvalue weighted by Gasteiger charge is -2.14. The number of rotatable bonds is 9. The van der Waals surface area contributed by atoms with Crippen LogP contribution in [0.15, 0.2) is 36.2 Å². The van der Waals surface area contributed by atoms with E-state index < -0.39 is 0 Å². The lowest BCUT2D eigenvalue weighted by atomic mass is 10.1. The molecule has 0 atom stereocenters. The predicted octanol–water partition coefficient (Wildman–Crippen LogP) is 3.69. The van der Waals surface area contributed by atoms with Crippen molar-refractivity contribution < 1.29 is 14.4 Å². The minimum Gasteiger partial charge on any atom is -0.493 e. The van der Waals surface area contributed by atoms with Gasteiger partial charge in [0.1, 0.15) is 0 Å². The fourth-order valence-corrected chi connectivity index (χ4v) is 3.15. The summed E-state index contributed by atoms with van der Waals surface area (Å²) in [6.45, 7) is 4.95. The van der Waals surface area contributed by atoms with E-state index in [-0.39, 0.29) is 9.92 Å². The van der Waals surface area contributed by atoms with Crippen LogP contribution in [0, 0.1) is 10.1 Å². The summed E-state index contributed by atoms with van der Waals surface area (Å²) in [5.41, 5.74) is 2.96. The lowest BCUT2D eigenvalue weighted by Crippen LogP contribution is -2.12. The fraction of sp³-hybridized carbons (Fsp3) is 0.294. The Bertz CT molecular complexity index is 727. The van der Waals surface area contributed by atoms with Crippen LogP contribution in [0.2, 0.25) is 0 Å². The van der Waals surface area contributed by atoms with E-state index in [4.69, 9.17) is 9.47 Å². The molecule has 128 valence electrons. The number of nitrogens with zero attached hydrogens (tertiary/aromatic N) is 1. The largest absolute Gasteiger partial charge is 0.493 e. The summed E-state index contributed by atoms with van der Waals surface area (Å²) >= 11 is 1.14. The molecule has 0 saturated carbocycles. The van der Waals surface area contributed by atoms with E-state index in [0.29, 0.717) is 25.3 Å². The van der Waals surface area contributed by atoms with E-state index in [1.54, 1.807) is 25.7 Å². The number of ether oxygens (including phenoxy) is 2. The number of allylic oxidation sites excluding steroid dienone is 1. The summed E-state index contributed by atoms with van der Waals surface area (Å²) in [5, 5.41) is 15.9. The van der Waals surface area contributed by atoms with Crippen molar-refractivity contribution in [3.05, 3.63) is 63.0 Å². The van der Waals surface area contributed by atoms with Crippen molar-refractivity contribution >= 4 is 16.3 Å². The topological polar surface area (TPSA) is 73.6 Å². The van der Waals surface area contributed by atoms with E-state index >= 15 is 0 Å². The van der Waals surface area contributed by atoms with Crippen LogP contribution in [0.4, 0.5) is 5.00 Å². The van der Waals surface area contributed by atoms with Gasteiger partial charge in [-0.1, -0.05) is 23.5 Å². The number of benzene rings is 1. The highest BCUT2D eigenvalue weighted by atomic mass is 32.1. The molecule has 7 heteroatoms. The zero-order valence-electron chi connectivity index (χ0n) is 13.7. The number of nitrogens with one attached hydrogen (secondary N) is 1. The molecule has 1 aromatic heterocycles. The molecular formula is C17H20N2O4S. The molecule has 1 N–H and O–H groups in total. The van der Waals surface area contributed by atoms with Gasteiger partial charge in [-0.3, -0.25) is 10.1 Å². The zero-order chi connectivity index (χ0) is 17.5. The van der Waals surface area contributed by atoms with Crippen LogP contribution >= 0.6 is 11.3 Å². The molecule has 1 aromatic carbocycles. The van der Waals surface area contributed by atoms with E-state index in [1.165, 1.54) is 0 Å². The van der Waals surface area contributed by atoms with Crippen molar-refractivity contribution in [1.82, 2.24) is 5.32 Å². The molecule has 0 saturated heterocycles. The van der Waals surface area contributed by atoms with Crippen molar-refractivity contribution in [2.75, 3.05) is 14.2 Å². The standard InChI is InChI=1S/C17H20N2O4S/c1-4-5-14-6-12(7-15(22-2)17(14)23-3)9-18-10-13-8-16(19(20)21)24-11-13/h4,6-8,11,18H,1,5,9-10H2,2-3H3. The van der Waals surface area contributed by atoms with Gasteiger partial charge < -0.3 is 14.8 Å². The highest BCUT2D eigenvalue weighted by Crippen LogP contribution is 2.33. The summed E-state index contributed by atoms with van der Waals surface area (Å²) in [6, 6.07) is 5.57. The highest BCUT2D eigenvalue weighted by Gasteiger charge is 2.12. The van der Waals surface area contributed by atoms with Gasteiger partial charge in [0, 0.05) is 30.1 Å². The number of methoxy groups -OCH3 is 2. The number of hydrogen-bond acceptors (Lipinski definition) is 6. The van der Waals surface area contributed by atoms with Gasteiger partial charge in [0.05, 0.1) is 19.1 Å². The van der Waals surface area contributed by atoms with Gasteiger partial charge >= 0.3 is 5.00 Å². The molecule has 0 unspecified atom stereocenters. The van der Waals surface area contributed by atoms with Gasteiger partial charge in [0.25, 0.3) is 0 Å². The summed E-state index contributed by atoms with van der Waals surface area (Å²) < 4.78 is 10.8. The molecule has 2 rings (SSSR count). The van der Waals surface area contributed by atoms with Gasteiger partial charge in [-0.2, -0.15) is 0 Å². The van der Waals surface area contributed by atoms with E-state index in [0.717, 1.165) is 33.8 Å². The third-order valence-electron chi connectivity index (χ3n) is 3.46. The molecule has 0 fully saturated rings. The molecule has 1 heterocycles. The third kappa shape index (κ3) is 4.33. The molecule has 24 heavy (non-hydrogen) atoms. The quantitative estimate of drug-likeness (QED) is 0.425. The van der Waals surface area contributed by atoms with Gasteiger partial charge in [0.2, 0.25) is 0 Å². The summed E-state index contributed by atoms with van der Waals surface area (Å²) in [4.78, 5) is 10.3. The Morgan fingerprint density at radius 2 is 2.00 bits per heavy atom. The Hall–Kier alpha value is -2.38. The van der Waals surface area contributed by atoms with Crippen molar-refractivity contribution in [2.24, 2.45) is 0 Å². The first-order valence-corrected chi connectivity index (χ1v) is 8.24. The van der Waals surface area contributed by atoms with Crippen molar-refractivity contribution in [2.45, 2.75) is 19.5 Å². The molecule has 0 aliphatic heterocycles. The highest BCUT2D eigenvalue weighted by molar-refractivity contribution is 7.13. The average molecular weight is 348 g/mol. The molecular weight excluding hydrogens is 328 g/mol. The Morgan fingerprint density at radius 3 is 2.58 bits per heavy atom. The number of hydrogen-bond donors (Lipinski definition) is 1. The molecule has 0 spiro atoms. The van der Waals surface area contributed by atoms with Gasteiger partial charge in [-0.15, -0.1) is 6.58 Å². The maximum absolute atomic E-state index is 10.7. The maximum atomic E-state index is 10.7. The van der Waals surface area contributed by atoms with Crippen molar-refractivity contribution in [1.29, 1.82) is 0 Å².